The number of hydrogen-bond donors (Lipinski definition) is 0. The van der Waals surface area contributed by atoms with E-state index in [0.717, 1.165) is 22.0 Å². The number of anilines is 1. The van der Waals surface area contributed by atoms with Crippen molar-refractivity contribution in [2.24, 2.45) is 0 Å². The van der Waals surface area contributed by atoms with Gasteiger partial charge in [-0.15, -0.1) is 0 Å². The van der Waals surface area contributed by atoms with Crippen LogP contribution in [0.4, 0.5) is 5.69 Å². The molecule has 0 N–H and O–H groups in total. The average molecular weight is 504 g/mol. The van der Waals surface area contributed by atoms with Gasteiger partial charge in [-0.25, -0.2) is 0 Å². The summed E-state index contributed by atoms with van der Waals surface area (Å²) < 4.78 is 12.7. The Morgan fingerprint density at radius 2 is 1.85 bits per heavy atom. The second kappa shape index (κ2) is 8.52. The van der Waals surface area contributed by atoms with Crippen molar-refractivity contribution in [2.45, 2.75) is 26.3 Å². The number of amides is 1. The fourth-order valence-electron chi connectivity index (χ4n) is 4.29. The number of halogens is 1. The van der Waals surface area contributed by atoms with Crippen LogP contribution in [0.3, 0.4) is 0 Å². The van der Waals surface area contributed by atoms with Crippen LogP contribution in [-0.2, 0) is 0 Å². The van der Waals surface area contributed by atoms with Crippen LogP contribution in [0.5, 0.6) is 5.75 Å². The van der Waals surface area contributed by atoms with Gasteiger partial charge in [-0.2, -0.15) is 0 Å². The van der Waals surface area contributed by atoms with Crippen LogP contribution in [-0.4, -0.2) is 12.5 Å². The maximum atomic E-state index is 13.7. The van der Waals surface area contributed by atoms with Crippen molar-refractivity contribution in [1.29, 1.82) is 0 Å². The molecule has 1 aliphatic heterocycles. The van der Waals surface area contributed by atoms with E-state index in [4.69, 9.17) is 9.15 Å². The zero-order valence-electron chi connectivity index (χ0n) is 18.3. The van der Waals surface area contributed by atoms with Crippen molar-refractivity contribution < 1.29 is 13.9 Å². The summed E-state index contributed by atoms with van der Waals surface area (Å²) in [5, 5.41) is 0.473. The van der Waals surface area contributed by atoms with Crippen molar-refractivity contribution in [3.8, 4) is 5.75 Å². The third-order valence-electron chi connectivity index (χ3n) is 5.76. The zero-order valence-corrected chi connectivity index (χ0v) is 19.9. The number of ether oxygens (including phenoxy) is 1. The average Bonchev–Trinajstić information content (AvgIpc) is 3.11. The number of nitrogens with zero attached hydrogens (tertiary/aromatic N) is 1. The summed E-state index contributed by atoms with van der Waals surface area (Å²) in [5.74, 6) is 0.444. The van der Waals surface area contributed by atoms with Crippen molar-refractivity contribution in [3.63, 3.8) is 0 Å². The lowest BCUT2D eigenvalue weighted by molar-refractivity contribution is 0.0971. The number of benzene rings is 3. The molecule has 1 aromatic heterocycles. The monoisotopic (exact) mass is 503 g/mol. The van der Waals surface area contributed by atoms with Gasteiger partial charge in [-0.1, -0.05) is 52.7 Å². The van der Waals surface area contributed by atoms with Gasteiger partial charge in [-0.05, 0) is 61.4 Å². The van der Waals surface area contributed by atoms with Gasteiger partial charge in [0.1, 0.15) is 11.3 Å². The van der Waals surface area contributed by atoms with Gasteiger partial charge in [0.15, 0.2) is 5.43 Å². The van der Waals surface area contributed by atoms with Gasteiger partial charge in [0.05, 0.1) is 23.6 Å². The van der Waals surface area contributed by atoms with Crippen molar-refractivity contribution in [3.05, 3.63) is 104 Å². The largest absolute Gasteiger partial charge is 0.494 e. The van der Waals surface area contributed by atoms with Gasteiger partial charge >= 0.3 is 0 Å². The molecule has 33 heavy (non-hydrogen) atoms. The van der Waals surface area contributed by atoms with E-state index >= 15 is 0 Å². The summed E-state index contributed by atoms with van der Waals surface area (Å²) in [6, 6.07) is 19.8. The molecule has 2 heterocycles. The first-order valence-electron chi connectivity index (χ1n) is 10.9. The molecule has 0 saturated heterocycles. The summed E-state index contributed by atoms with van der Waals surface area (Å²) in [6.45, 7) is 4.56. The summed E-state index contributed by atoms with van der Waals surface area (Å²) in [6.07, 6.45) is 0.883. The molecule has 0 fully saturated rings. The SMILES string of the molecule is CCCOc1cccc(C2c3c(oc4ccc(C)cc4c3=O)C(=O)N2c2cccc(Br)c2)c1. The Morgan fingerprint density at radius 3 is 2.64 bits per heavy atom. The third-order valence-corrected chi connectivity index (χ3v) is 6.25. The minimum Gasteiger partial charge on any atom is -0.494 e. The fourth-order valence-corrected chi connectivity index (χ4v) is 4.68. The Kier molecular flexibility index (Phi) is 5.54. The fraction of sp³-hybridized carbons (Fsp3) is 0.185. The van der Waals surface area contributed by atoms with Crippen molar-refractivity contribution >= 4 is 38.5 Å². The topological polar surface area (TPSA) is 59.8 Å². The predicted octanol–water partition coefficient (Wildman–Crippen LogP) is 6.40. The Balaban J connectivity index is 1.77. The number of hydrogen-bond acceptors (Lipinski definition) is 4. The normalized spacial score (nSPS) is 15.2. The van der Waals surface area contributed by atoms with Gasteiger partial charge in [0, 0.05) is 10.2 Å². The van der Waals surface area contributed by atoms with E-state index < -0.39 is 6.04 Å². The molecule has 1 amide bonds. The van der Waals surface area contributed by atoms with Crippen molar-refractivity contribution in [2.75, 3.05) is 11.5 Å². The van der Waals surface area contributed by atoms with E-state index in [9.17, 15) is 9.59 Å². The quantitative estimate of drug-likeness (QED) is 0.316. The van der Waals surface area contributed by atoms with Crippen LogP contribution < -0.4 is 15.1 Å². The van der Waals surface area contributed by atoms with Crippen LogP contribution >= 0.6 is 15.9 Å². The van der Waals surface area contributed by atoms with Crippen LogP contribution in [0.15, 0.2) is 80.4 Å². The highest BCUT2D eigenvalue weighted by Crippen LogP contribution is 2.42. The molecule has 1 unspecified atom stereocenters. The molecule has 0 aliphatic carbocycles. The smallest absolute Gasteiger partial charge is 0.295 e. The number of carbonyl (C=O) groups excluding carboxylic acids is 1. The molecule has 6 heteroatoms. The highest BCUT2D eigenvalue weighted by atomic mass is 79.9. The third kappa shape index (κ3) is 3.74. The molecular weight excluding hydrogens is 482 g/mol. The number of rotatable bonds is 5. The highest BCUT2D eigenvalue weighted by Gasteiger charge is 2.43. The highest BCUT2D eigenvalue weighted by molar-refractivity contribution is 9.10. The first-order valence-corrected chi connectivity index (χ1v) is 11.7. The molecule has 5 rings (SSSR count). The first-order chi connectivity index (χ1) is 16.0. The van der Waals surface area contributed by atoms with Gasteiger partial charge < -0.3 is 9.15 Å². The van der Waals surface area contributed by atoms with Gasteiger partial charge in [0.25, 0.3) is 5.91 Å². The Morgan fingerprint density at radius 1 is 1.03 bits per heavy atom. The second-order valence-electron chi connectivity index (χ2n) is 8.15. The van der Waals surface area contributed by atoms with Crippen LogP contribution in [0, 0.1) is 6.92 Å². The number of aryl methyl sites for hydroxylation is 1. The number of carbonyl (C=O) groups is 1. The molecule has 1 aliphatic rings. The van der Waals surface area contributed by atoms with Crippen LogP contribution in [0.1, 0.15) is 46.6 Å². The van der Waals surface area contributed by atoms with E-state index in [1.807, 2.05) is 74.5 Å². The lowest BCUT2D eigenvalue weighted by Crippen LogP contribution is -2.29. The molecule has 3 aromatic carbocycles. The second-order valence-corrected chi connectivity index (χ2v) is 9.07. The molecule has 166 valence electrons. The molecule has 0 radical (unpaired) electrons. The lowest BCUT2D eigenvalue weighted by atomic mass is 9.97. The van der Waals surface area contributed by atoms with Crippen LogP contribution in [0.25, 0.3) is 11.0 Å². The van der Waals surface area contributed by atoms with Gasteiger partial charge in [0.2, 0.25) is 5.76 Å². The minimum atomic E-state index is -0.631. The molecule has 0 spiro atoms. The first kappa shape index (κ1) is 21.5. The summed E-state index contributed by atoms with van der Waals surface area (Å²) >= 11 is 3.50. The van der Waals surface area contributed by atoms with E-state index in [-0.39, 0.29) is 17.1 Å². The zero-order chi connectivity index (χ0) is 23.1. The maximum absolute atomic E-state index is 13.7. The molecule has 4 aromatic rings. The Labute approximate surface area is 199 Å². The van der Waals surface area contributed by atoms with E-state index in [1.54, 1.807) is 11.0 Å². The number of fused-ring (bicyclic) bond motifs is 2. The minimum absolute atomic E-state index is 0.0845. The van der Waals surface area contributed by atoms with E-state index in [0.29, 0.717) is 34.6 Å². The van der Waals surface area contributed by atoms with E-state index in [2.05, 4.69) is 15.9 Å². The summed E-state index contributed by atoms with van der Waals surface area (Å²) in [7, 11) is 0. The molecule has 5 nitrogen and oxygen atoms in total. The standard InChI is InChI=1S/C27H22BrNO4/c1-3-12-32-20-9-4-6-17(14-20)24-23-25(30)21-13-16(2)10-11-22(21)33-26(23)27(31)29(24)19-8-5-7-18(28)15-19/h4-11,13-15,24H,3,12H2,1-2H3. The molecular formula is C27H22BrNO4. The summed E-state index contributed by atoms with van der Waals surface area (Å²) in [5.41, 5.74) is 2.98. The molecule has 1 atom stereocenters. The lowest BCUT2D eigenvalue weighted by Gasteiger charge is -2.25. The van der Waals surface area contributed by atoms with Crippen molar-refractivity contribution in [1.82, 2.24) is 0 Å². The van der Waals surface area contributed by atoms with Crippen LogP contribution in [0.2, 0.25) is 0 Å². The molecule has 0 bridgehead atoms. The summed E-state index contributed by atoms with van der Waals surface area (Å²) in [4.78, 5) is 29.0. The predicted molar refractivity (Wildman–Crippen MR) is 132 cm³/mol. The maximum Gasteiger partial charge on any atom is 0.295 e. The molecule has 0 saturated carbocycles. The van der Waals surface area contributed by atoms with E-state index in [1.165, 1.54) is 0 Å². The van der Waals surface area contributed by atoms with Gasteiger partial charge in [-0.3, -0.25) is 14.5 Å². The Hall–Kier alpha value is -3.38. The Bertz CT molecular complexity index is 1440.